The molecule has 14 heteroatoms. The highest BCUT2D eigenvalue weighted by Crippen LogP contribution is 2.19. The zero-order valence-corrected chi connectivity index (χ0v) is 16.4. The first kappa shape index (κ1) is 24.8. The number of unbranched alkanes of at least 4 members (excludes halogenated alkanes) is 1. The van der Waals surface area contributed by atoms with Gasteiger partial charge in [0.15, 0.2) is 5.82 Å². The molecule has 0 saturated heterocycles. The van der Waals surface area contributed by atoms with Crippen LogP contribution in [-0.2, 0) is 14.4 Å². The van der Waals surface area contributed by atoms with E-state index in [-0.39, 0.29) is 37.4 Å². The van der Waals surface area contributed by atoms with Gasteiger partial charge in [-0.15, -0.1) is 0 Å². The molecule has 3 atom stereocenters. The lowest BCUT2D eigenvalue weighted by Crippen LogP contribution is -2.47. The van der Waals surface area contributed by atoms with E-state index in [2.05, 4.69) is 20.8 Å². The van der Waals surface area contributed by atoms with Gasteiger partial charge < -0.3 is 43.2 Å². The van der Waals surface area contributed by atoms with Crippen molar-refractivity contribution in [2.24, 2.45) is 22.9 Å². The molecule has 0 radical (unpaired) electrons. The Hall–Kier alpha value is -3.26. The second-order valence-electron chi connectivity index (χ2n) is 6.62. The lowest BCUT2D eigenvalue weighted by molar-refractivity contribution is -0.139. The van der Waals surface area contributed by atoms with E-state index in [0.29, 0.717) is 19.4 Å². The van der Waals surface area contributed by atoms with Crippen LogP contribution in [0.25, 0.3) is 0 Å². The van der Waals surface area contributed by atoms with Gasteiger partial charge in [-0.25, -0.2) is 9.59 Å². The van der Waals surface area contributed by atoms with Gasteiger partial charge in [-0.1, -0.05) is 5.16 Å². The maximum Gasteiger partial charge on any atom is 0.326 e. The van der Waals surface area contributed by atoms with Gasteiger partial charge in [0, 0.05) is 12.8 Å². The molecule has 0 aromatic carbocycles. The van der Waals surface area contributed by atoms with E-state index in [1.54, 1.807) is 0 Å². The second kappa shape index (κ2) is 12.3. The molecule has 168 valence electrons. The number of primary amides is 2. The number of nitrogens with zero attached hydrogens (tertiary/aromatic N) is 2. The molecule has 0 aliphatic carbocycles. The van der Waals surface area contributed by atoms with Crippen molar-refractivity contribution >= 4 is 23.8 Å². The number of hydrogen-bond donors (Lipinski definition) is 7. The van der Waals surface area contributed by atoms with Crippen molar-refractivity contribution in [2.45, 2.75) is 56.7 Å². The summed E-state index contributed by atoms with van der Waals surface area (Å²) in [5.74, 6) is -2.59. The number of carboxylic acids is 1. The number of urea groups is 1. The predicted octanol–water partition coefficient (Wildman–Crippen LogP) is -1.87. The Bertz CT molecular complexity index is 739. The summed E-state index contributed by atoms with van der Waals surface area (Å²) in [6.07, 6.45) is 1.00. The van der Waals surface area contributed by atoms with Gasteiger partial charge in [-0.3, -0.25) is 9.59 Å². The molecule has 0 spiro atoms. The van der Waals surface area contributed by atoms with E-state index in [1.807, 2.05) is 0 Å². The maximum absolute atomic E-state index is 12.3. The number of aromatic nitrogens is 2. The Morgan fingerprint density at radius 1 is 1.07 bits per heavy atom. The third kappa shape index (κ3) is 8.83. The number of hydrogen-bond acceptors (Lipinski definition) is 9. The fraction of sp³-hybridized carbons (Fsp3) is 0.625. The quantitative estimate of drug-likeness (QED) is 0.162. The molecule has 14 nitrogen and oxygen atoms in total. The fourth-order valence-electron chi connectivity index (χ4n) is 2.50. The predicted molar refractivity (Wildman–Crippen MR) is 102 cm³/mol. The molecule has 11 N–H and O–H groups in total. The topological polar surface area (TPSA) is 256 Å². The summed E-state index contributed by atoms with van der Waals surface area (Å²) < 4.78 is 5.08. The van der Waals surface area contributed by atoms with Crippen molar-refractivity contribution < 1.29 is 28.8 Å². The van der Waals surface area contributed by atoms with Crippen molar-refractivity contribution in [2.75, 3.05) is 6.54 Å². The van der Waals surface area contributed by atoms with Crippen molar-refractivity contribution in [3.8, 4) is 0 Å². The van der Waals surface area contributed by atoms with Gasteiger partial charge in [-0.05, 0) is 32.2 Å². The molecular formula is C16H28N8O6. The molecule has 0 saturated carbocycles. The Balaban J connectivity index is 2.86. The van der Waals surface area contributed by atoms with E-state index >= 15 is 0 Å². The molecule has 1 aromatic rings. The van der Waals surface area contributed by atoms with E-state index in [4.69, 9.17) is 27.5 Å². The van der Waals surface area contributed by atoms with Crippen LogP contribution in [0.5, 0.6) is 0 Å². The standard InChI is InChI=1S/C16H28N8O6/c17-6-2-1-3-10(15(27)28)22-16(29)21-9(4-5-11(19)25)14-23-13(24-30-14)8(18)7-12(20)26/h8-10H,1-7,17-18H2,(H2,19,25)(H2,20,26)(H,27,28)(H2,21,22,29). The molecule has 1 aromatic heterocycles. The number of aliphatic carboxylic acids is 1. The van der Waals surface area contributed by atoms with E-state index in [1.165, 1.54) is 0 Å². The number of rotatable bonds is 14. The smallest absolute Gasteiger partial charge is 0.326 e. The monoisotopic (exact) mass is 428 g/mol. The highest BCUT2D eigenvalue weighted by molar-refractivity contribution is 5.82. The number of carboxylic acid groups (broad SMARTS) is 1. The van der Waals surface area contributed by atoms with Crippen LogP contribution in [0, 0.1) is 0 Å². The average molecular weight is 428 g/mol. The summed E-state index contributed by atoms with van der Waals surface area (Å²) in [5, 5.41) is 17.7. The summed E-state index contributed by atoms with van der Waals surface area (Å²) >= 11 is 0. The largest absolute Gasteiger partial charge is 0.480 e. The van der Waals surface area contributed by atoms with Crippen molar-refractivity contribution in [3.63, 3.8) is 0 Å². The molecule has 1 rings (SSSR count). The van der Waals surface area contributed by atoms with Gasteiger partial charge in [0.25, 0.3) is 0 Å². The molecule has 3 unspecified atom stereocenters. The highest BCUT2D eigenvalue weighted by Gasteiger charge is 2.26. The summed E-state index contributed by atoms with van der Waals surface area (Å²) in [5.41, 5.74) is 21.4. The number of nitrogens with two attached hydrogens (primary N) is 4. The van der Waals surface area contributed by atoms with E-state index in [0.717, 1.165) is 0 Å². The molecule has 1 heterocycles. The first-order valence-electron chi connectivity index (χ1n) is 9.29. The van der Waals surface area contributed by atoms with Crippen molar-refractivity contribution in [3.05, 3.63) is 11.7 Å². The second-order valence-corrected chi connectivity index (χ2v) is 6.62. The minimum absolute atomic E-state index is 0.0136. The lowest BCUT2D eigenvalue weighted by Gasteiger charge is -2.18. The first-order valence-corrected chi connectivity index (χ1v) is 9.29. The number of carbonyl (C=O) groups excluding carboxylic acids is 3. The van der Waals surface area contributed by atoms with Crippen LogP contribution in [0.2, 0.25) is 0 Å². The van der Waals surface area contributed by atoms with Crippen LogP contribution in [0.4, 0.5) is 4.79 Å². The number of nitrogens with one attached hydrogen (secondary N) is 2. The molecule has 0 bridgehead atoms. The number of carbonyl (C=O) groups is 4. The zero-order valence-electron chi connectivity index (χ0n) is 16.4. The third-order valence-corrected chi connectivity index (χ3v) is 4.04. The fourth-order valence-corrected chi connectivity index (χ4v) is 2.50. The molecule has 4 amide bonds. The Labute approximate surface area is 172 Å². The van der Waals surface area contributed by atoms with Crippen LogP contribution in [0.1, 0.15) is 62.3 Å². The highest BCUT2D eigenvalue weighted by atomic mass is 16.5. The van der Waals surface area contributed by atoms with Gasteiger partial charge >= 0.3 is 12.0 Å². The summed E-state index contributed by atoms with van der Waals surface area (Å²) in [4.78, 5) is 49.8. The number of amides is 4. The Kier molecular flexibility index (Phi) is 10.2. The van der Waals surface area contributed by atoms with Crippen LogP contribution in [0.3, 0.4) is 0 Å². The Morgan fingerprint density at radius 2 is 1.77 bits per heavy atom. The normalized spacial score (nSPS) is 13.8. The molecule has 0 aliphatic rings. The van der Waals surface area contributed by atoms with Crippen LogP contribution >= 0.6 is 0 Å². The van der Waals surface area contributed by atoms with Gasteiger partial charge in [0.1, 0.15) is 12.1 Å². The first-order chi connectivity index (χ1) is 14.1. The summed E-state index contributed by atoms with van der Waals surface area (Å²) in [6, 6.07) is -3.80. The summed E-state index contributed by atoms with van der Waals surface area (Å²) in [6.45, 7) is 0.408. The Morgan fingerprint density at radius 3 is 2.33 bits per heavy atom. The SMILES string of the molecule is NCCCCC(NC(=O)NC(CCC(N)=O)c1nc(C(N)CC(N)=O)no1)C(=O)O. The van der Waals surface area contributed by atoms with Gasteiger partial charge in [0.05, 0.1) is 6.04 Å². The van der Waals surface area contributed by atoms with E-state index < -0.39 is 41.9 Å². The molecule has 0 aliphatic heterocycles. The van der Waals surface area contributed by atoms with Gasteiger partial charge in [0.2, 0.25) is 17.7 Å². The average Bonchev–Trinajstić information content (AvgIpc) is 3.13. The molecule has 0 fully saturated rings. The van der Waals surface area contributed by atoms with Gasteiger partial charge in [-0.2, -0.15) is 4.98 Å². The minimum Gasteiger partial charge on any atom is -0.480 e. The van der Waals surface area contributed by atoms with Crippen molar-refractivity contribution in [1.82, 2.24) is 20.8 Å². The van der Waals surface area contributed by atoms with Crippen LogP contribution in [-0.4, -0.2) is 51.6 Å². The zero-order chi connectivity index (χ0) is 22.7. The van der Waals surface area contributed by atoms with E-state index in [9.17, 15) is 24.3 Å². The minimum atomic E-state index is -1.20. The molecule has 30 heavy (non-hydrogen) atoms. The molecular weight excluding hydrogens is 400 g/mol. The third-order valence-electron chi connectivity index (χ3n) is 4.04. The maximum atomic E-state index is 12.3. The lowest BCUT2D eigenvalue weighted by atomic mass is 10.1. The summed E-state index contributed by atoms with van der Waals surface area (Å²) in [7, 11) is 0. The van der Waals surface area contributed by atoms with Crippen LogP contribution in [0.15, 0.2) is 4.52 Å². The van der Waals surface area contributed by atoms with Crippen LogP contribution < -0.4 is 33.6 Å². The van der Waals surface area contributed by atoms with Crippen molar-refractivity contribution in [1.29, 1.82) is 0 Å².